The lowest BCUT2D eigenvalue weighted by Gasteiger charge is -2.26. The molecule has 5 atom stereocenters. The van der Waals surface area contributed by atoms with Gasteiger partial charge in [-0.2, -0.15) is 0 Å². The summed E-state index contributed by atoms with van der Waals surface area (Å²) < 4.78 is 5.86. The number of hydrogen-bond donors (Lipinski definition) is 1. The summed E-state index contributed by atoms with van der Waals surface area (Å²) in [5, 5.41) is 1.43. The molecule has 0 aromatic heterocycles. The zero-order valence-electron chi connectivity index (χ0n) is 11.6. The number of benzene rings is 1. The number of rotatable bonds is 3. The maximum atomic E-state index is 6.39. The highest BCUT2D eigenvalue weighted by Crippen LogP contribution is 2.35. The zero-order chi connectivity index (χ0) is 14.2. The first kappa shape index (κ1) is 15.1. The first-order valence-electron chi connectivity index (χ1n) is 6.75. The van der Waals surface area contributed by atoms with Crippen molar-refractivity contribution in [1.29, 1.82) is 0 Å². The predicted molar refractivity (Wildman–Crippen MR) is 80.8 cm³/mol. The first-order chi connectivity index (χ1) is 8.90. The molecule has 0 aliphatic carbocycles. The third-order valence-electron chi connectivity index (χ3n) is 4.28. The van der Waals surface area contributed by atoms with Crippen molar-refractivity contribution in [2.45, 2.75) is 45.4 Å². The largest absolute Gasteiger partial charge is 0.375 e. The van der Waals surface area contributed by atoms with Gasteiger partial charge in [0.05, 0.1) is 12.2 Å². The highest BCUT2D eigenvalue weighted by Gasteiger charge is 2.40. The fourth-order valence-corrected chi connectivity index (χ4v) is 3.51. The Labute approximate surface area is 125 Å². The molecule has 2 rings (SSSR count). The van der Waals surface area contributed by atoms with Crippen LogP contribution in [0.3, 0.4) is 0 Å². The summed E-state index contributed by atoms with van der Waals surface area (Å²) in [6.07, 6.45) is 1.19. The molecule has 5 unspecified atom stereocenters. The van der Waals surface area contributed by atoms with E-state index in [9.17, 15) is 0 Å². The summed E-state index contributed by atoms with van der Waals surface area (Å²) in [7, 11) is 0. The Bertz CT molecular complexity index is 452. The van der Waals surface area contributed by atoms with E-state index in [1.54, 1.807) is 6.07 Å². The minimum atomic E-state index is 0.0333. The quantitative estimate of drug-likeness (QED) is 0.918. The Balaban J connectivity index is 2.12. The average Bonchev–Trinajstić information content (AvgIpc) is 2.58. The molecule has 4 heteroatoms. The van der Waals surface area contributed by atoms with Crippen LogP contribution in [0.4, 0.5) is 0 Å². The maximum absolute atomic E-state index is 6.39. The number of halogens is 2. The maximum Gasteiger partial charge on any atom is 0.0597 e. The molecule has 1 aliphatic rings. The van der Waals surface area contributed by atoms with Crippen molar-refractivity contribution in [2.75, 3.05) is 0 Å². The highest BCUT2D eigenvalue weighted by molar-refractivity contribution is 6.33. The monoisotopic (exact) mass is 301 g/mol. The molecule has 2 N–H and O–H groups in total. The Hall–Kier alpha value is -0.280. The fourth-order valence-electron chi connectivity index (χ4n) is 3.12. The van der Waals surface area contributed by atoms with E-state index < -0.39 is 0 Å². The van der Waals surface area contributed by atoms with E-state index in [0.717, 1.165) is 17.0 Å². The van der Waals surface area contributed by atoms with Gasteiger partial charge in [-0.3, -0.25) is 0 Å². The van der Waals surface area contributed by atoms with Crippen LogP contribution in [-0.4, -0.2) is 18.2 Å². The van der Waals surface area contributed by atoms with E-state index in [1.165, 1.54) is 0 Å². The summed E-state index contributed by atoms with van der Waals surface area (Å²) in [6, 6.07) is 5.56. The van der Waals surface area contributed by atoms with E-state index in [-0.39, 0.29) is 18.2 Å². The molecule has 0 spiro atoms. The van der Waals surface area contributed by atoms with Gasteiger partial charge in [-0.1, -0.05) is 30.1 Å². The molecule has 1 aromatic carbocycles. The molecule has 19 heavy (non-hydrogen) atoms. The number of hydrogen-bond acceptors (Lipinski definition) is 2. The van der Waals surface area contributed by atoms with E-state index in [0.29, 0.717) is 16.9 Å². The lowest BCUT2D eigenvalue weighted by atomic mass is 9.81. The van der Waals surface area contributed by atoms with Gasteiger partial charge < -0.3 is 10.5 Å². The third-order valence-corrected chi connectivity index (χ3v) is 4.88. The van der Waals surface area contributed by atoms with Crippen LogP contribution in [0.1, 0.15) is 26.3 Å². The van der Waals surface area contributed by atoms with Crippen molar-refractivity contribution in [3.05, 3.63) is 33.8 Å². The third kappa shape index (κ3) is 3.25. The SMILES string of the molecule is CC1OC(C)C(C(N)Cc2cc(Cl)ccc2Cl)C1C. The smallest absolute Gasteiger partial charge is 0.0597 e. The van der Waals surface area contributed by atoms with Crippen LogP contribution in [0, 0.1) is 11.8 Å². The molecular weight excluding hydrogens is 281 g/mol. The highest BCUT2D eigenvalue weighted by atomic mass is 35.5. The molecule has 1 saturated heterocycles. The normalized spacial score (nSPS) is 32.5. The topological polar surface area (TPSA) is 35.2 Å². The fraction of sp³-hybridized carbons (Fsp3) is 0.600. The summed E-state index contributed by atoms with van der Waals surface area (Å²) in [6.45, 7) is 6.42. The van der Waals surface area contributed by atoms with Crippen molar-refractivity contribution >= 4 is 23.2 Å². The summed E-state index contributed by atoms with van der Waals surface area (Å²) in [4.78, 5) is 0. The van der Waals surface area contributed by atoms with Crippen molar-refractivity contribution < 1.29 is 4.74 Å². The minimum Gasteiger partial charge on any atom is -0.375 e. The molecule has 0 bridgehead atoms. The average molecular weight is 302 g/mol. The van der Waals surface area contributed by atoms with Gasteiger partial charge in [-0.05, 0) is 49.9 Å². The summed E-state index contributed by atoms with van der Waals surface area (Å²) in [5.41, 5.74) is 7.41. The van der Waals surface area contributed by atoms with Gasteiger partial charge in [0.1, 0.15) is 0 Å². The molecule has 1 heterocycles. The molecule has 1 aromatic rings. The Morgan fingerprint density at radius 3 is 2.47 bits per heavy atom. The predicted octanol–water partition coefficient (Wildman–Crippen LogP) is 3.92. The summed E-state index contributed by atoms with van der Waals surface area (Å²) in [5.74, 6) is 0.813. The van der Waals surface area contributed by atoms with Crippen LogP contribution in [0.15, 0.2) is 18.2 Å². The lowest BCUT2D eigenvalue weighted by Crippen LogP contribution is -2.39. The van der Waals surface area contributed by atoms with Crippen molar-refractivity contribution in [3.8, 4) is 0 Å². The van der Waals surface area contributed by atoms with Gasteiger partial charge in [-0.15, -0.1) is 0 Å². The van der Waals surface area contributed by atoms with Gasteiger partial charge in [0, 0.05) is 22.0 Å². The van der Waals surface area contributed by atoms with Gasteiger partial charge >= 0.3 is 0 Å². The number of ether oxygens (including phenoxy) is 1. The van der Waals surface area contributed by atoms with Gasteiger partial charge in [0.2, 0.25) is 0 Å². The van der Waals surface area contributed by atoms with Gasteiger partial charge in [-0.25, -0.2) is 0 Å². The molecule has 1 fully saturated rings. The van der Waals surface area contributed by atoms with Crippen molar-refractivity contribution in [3.63, 3.8) is 0 Å². The summed E-state index contributed by atoms with van der Waals surface area (Å²) >= 11 is 12.2. The van der Waals surface area contributed by atoms with Gasteiger partial charge in [0.25, 0.3) is 0 Å². The molecule has 106 valence electrons. The van der Waals surface area contributed by atoms with Crippen LogP contribution in [-0.2, 0) is 11.2 Å². The molecular formula is C15H21Cl2NO. The van der Waals surface area contributed by atoms with Crippen LogP contribution in [0.2, 0.25) is 10.0 Å². The zero-order valence-corrected chi connectivity index (χ0v) is 13.1. The lowest BCUT2D eigenvalue weighted by molar-refractivity contribution is 0.0490. The second-order valence-corrected chi connectivity index (χ2v) is 6.43. The van der Waals surface area contributed by atoms with Crippen LogP contribution < -0.4 is 5.73 Å². The minimum absolute atomic E-state index is 0.0333. The van der Waals surface area contributed by atoms with Gasteiger partial charge in [0.15, 0.2) is 0 Å². The first-order valence-corrected chi connectivity index (χ1v) is 7.50. The van der Waals surface area contributed by atoms with E-state index >= 15 is 0 Å². The Kier molecular flexibility index (Phi) is 4.78. The van der Waals surface area contributed by atoms with Crippen LogP contribution >= 0.6 is 23.2 Å². The van der Waals surface area contributed by atoms with Crippen molar-refractivity contribution in [1.82, 2.24) is 0 Å². The van der Waals surface area contributed by atoms with Crippen LogP contribution in [0.5, 0.6) is 0 Å². The molecule has 0 saturated carbocycles. The van der Waals surface area contributed by atoms with E-state index in [2.05, 4.69) is 20.8 Å². The molecule has 1 aliphatic heterocycles. The molecule has 0 radical (unpaired) electrons. The number of nitrogens with two attached hydrogens (primary N) is 1. The van der Waals surface area contributed by atoms with E-state index in [1.807, 2.05) is 12.1 Å². The Morgan fingerprint density at radius 2 is 1.89 bits per heavy atom. The van der Waals surface area contributed by atoms with Crippen molar-refractivity contribution in [2.24, 2.45) is 17.6 Å². The standard InChI is InChI=1S/C15H21Cl2NO/c1-8-9(2)19-10(3)15(8)14(18)7-11-6-12(16)4-5-13(11)17/h4-6,8-10,14-15H,7,18H2,1-3H3. The second kappa shape index (κ2) is 6.01. The Morgan fingerprint density at radius 1 is 1.21 bits per heavy atom. The van der Waals surface area contributed by atoms with Crippen LogP contribution in [0.25, 0.3) is 0 Å². The molecule has 2 nitrogen and oxygen atoms in total. The second-order valence-electron chi connectivity index (χ2n) is 5.59. The van der Waals surface area contributed by atoms with E-state index in [4.69, 9.17) is 33.7 Å². The molecule has 0 amide bonds.